The monoisotopic (exact) mass is 165 g/mol. The van der Waals surface area contributed by atoms with Gasteiger partial charge in [-0.25, -0.2) is 4.79 Å². The second-order valence-electron chi connectivity index (χ2n) is 2.91. The number of hydrogen-bond donors (Lipinski definition) is 0. The normalized spacial score (nSPS) is 10.0. The van der Waals surface area contributed by atoms with Gasteiger partial charge in [0.25, 0.3) is 0 Å². The van der Waals surface area contributed by atoms with Crippen molar-refractivity contribution in [3.8, 4) is 0 Å². The molecule has 0 aliphatic heterocycles. The smallest absolute Gasteiger partial charge is 0.242 e. The number of nitrogens with zero attached hydrogens (tertiary/aromatic N) is 3. The molecule has 64 valence electrons. The van der Waals surface area contributed by atoms with Crippen LogP contribution in [-0.4, -0.2) is 15.9 Å². The van der Waals surface area contributed by atoms with E-state index in [0.717, 1.165) is 5.69 Å². The van der Waals surface area contributed by atoms with Crippen molar-refractivity contribution in [2.24, 2.45) is 12.0 Å². The van der Waals surface area contributed by atoms with Gasteiger partial charge in [0.2, 0.25) is 6.08 Å². The molecule has 0 aliphatic carbocycles. The van der Waals surface area contributed by atoms with Crippen molar-refractivity contribution in [1.82, 2.24) is 9.78 Å². The first-order valence-corrected chi connectivity index (χ1v) is 3.77. The van der Waals surface area contributed by atoms with E-state index in [4.69, 9.17) is 0 Å². The Balaban J connectivity index is 3.08. The molecule has 0 N–H and O–H groups in total. The van der Waals surface area contributed by atoms with Crippen LogP contribution in [0.1, 0.15) is 25.5 Å². The van der Waals surface area contributed by atoms with Crippen LogP contribution in [0.25, 0.3) is 0 Å². The van der Waals surface area contributed by atoms with Crippen LogP contribution in [0.15, 0.2) is 11.1 Å². The van der Waals surface area contributed by atoms with Crippen LogP contribution in [0.4, 0.5) is 5.82 Å². The summed E-state index contributed by atoms with van der Waals surface area (Å²) in [6.07, 6.45) is 1.46. The van der Waals surface area contributed by atoms with Crippen LogP contribution in [0, 0.1) is 0 Å². The summed E-state index contributed by atoms with van der Waals surface area (Å²) in [7, 11) is 1.83. The van der Waals surface area contributed by atoms with Crippen molar-refractivity contribution in [3.05, 3.63) is 11.8 Å². The lowest BCUT2D eigenvalue weighted by Crippen LogP contribution is -1.98. The zero-order chi connectivity index (χ0) is 9.14. The molecule has 4 nitrogen and oxygen atoms in total. The fourth-order valence-corrected chi connectivity index (χ4v) is 1.11. The molecule has 0 radical (unpaired) electrons. The molecule has 1 aromatic heterocycles. The minimum absolute atomic E-state index is 0.387. The van der Waals surface area contributed by atoms with Crippen molar-refractivity contribution in [1.29, 1.82) is 0 Å². The van der Waals surface area contributed by atoms with Gasteiger partial charge in [-0.1, -0.05) is 13.8 Å². The molecule has 12 heavy (non-hydrogen) atoms. The first-order valence-electron chi connectivity index (χ1n) is 3.77. The average molecular weight is 165 g/mol. The van der Waals surface area contributed by atoms with Gasteiger partial charge in [0.1, 0.15) is 0 Å². The molecule has 4 heteroatoms. The Bertz CT molecular complexity index is 321. The van der Waals surface area contributed by atoms with E-state index in [9.17, 15) is 4.79 Å². The number of aryl methyl sites for hydroxylation is 1. The van der Waals surface area contributed by atoms with Crippen LogP contribution in [0.5, 0.6) is 0 Å². The van der Waals surface area contributed by atoms with E-state index in [-0.39, 0.29) is 0 Å². The lowest BCUT2D eigenvalue weighted by Gasteiger charge is -2.02. The molecule has 1 heterocycles. The zero-order valence-electron chi connectivity index (χ0n) is 7.40. The molecule has 1 rings (SSSR count). The van der Waals surface area contributed by atoms with Crippen molar-refractivity contribution in [2.75, 3.05) is 0 Å². The Morgan fingerprint density at radius 3 is 2.75 bits per heavy atom. The molecule has 0 fully saturated rings. The van der Waals surface area contributed by atoms with E-state index in [1.807, 2.05) is 7.05 Å². The zero-order valence-corrected chi connectivity index (χ0v) is 7.40. The maximum Gasteiger partial charge on any atom is 0.242 e. The Kier molecular flexibility index (Phi) is 2.41. The van der Waals surface area contributed by atoms with E-state index in [2.05, 4.69) is 23.9 Å². The Labute approximate surface area is 70.9 Å². The summed E-state index contributed by atoms with van der Waals surface area (Å²) < 4.78 is 1.72. The summed E-state index contributed by atoms with van der Waals surface area (Å²) in [5.41, 5.74) is 1.06. The number of aliphatic imine (C=N–C) groups is 1. The topological polar surface area (TPSA) is 47.2 Å². The molecule has 0 atom stereocenters. The van der Waals surface area contributed by atoms with Gasteiger partial charge in [-0.2, -0.15) is 5.10 Å². The maximum atomic E-state index is 9.92. The van der Waals surface area contributed by atoms with Gasteiger partial charge in [-0.15, -0.1) is 4.99 Å². The third-order valence-electron chi connectivity index (χ3n) is 1.65. The van der Waals surface area contributed by atoms with Crippen LogP contribution in [0.3, 0.4) is 0 Å². The van der Waals surface area contributed by atoms with E-state index < -0.39 is 0 Å². The molecule has 0 aliphatic rings. The van der Waals surface area contributed by atoms with Crippen molar-refractivity contribution >= 4 is 11.9 Å². The summed E-state index contributed by atoms with van der Waals surface area (Å²) >= 11 is 0. The first kappa shape index (κ1) is 8.68. The van der Waals surface area contributed by atoms with Gasteiger partial charge < -0.3 is 0 Å². The number of aromatic nitrogens is 2. The van der Waals surface area contributed by atoms with Gasteiger partial charge in [0, 0.05) is 18.8 Å². The second kappa shape index (κ2) is 3.32. The molecule has 0 saturated carbocycles. The lowest BCUT2D eigenvalue weighted by atomic mass is 10.1. The van der Waals surface area contributed by atoms with Gasteiger partial charge in [-0.05, 0) is 5.92 Å². The Hall–Kier alpha value is -1.41. The second-order valence-corrected chi connectivity index (χ2v) is 2.91. The molecule has 0 saturated heterocycles. The third kappa shape index (κ3) is 1.60. The molecule has 0 amide bonds. The SMILES string of the molecule is CC(C)c1cc(N=C=O)nn1C. The third-order valence-corrected chi connectivity index (χ3v) is 1.65. The number of rotatable bonds is 2. The predicted molar refractivity (Wildman–Crippen MR) is 45.1 cm³/mol. The highest BCUT2D eigenvalue weighted by Crippen LogP contribution is 2.18. The summed E-state index contributed by atoms with van der Waals surface area (Å²) in [6, 6.07) is 1.79. The van der Waals surface area contributed by atoms with Crippen molar-refractivity contribution in [3.63, 3.8) is 0 Å². The summed E-state index contributed by atoms with van der Waals surface area (Å²) in [5, 5.41) is 4.01. The van der Waals surface area contributed by atoms with Gasteiger partial charge >= 0.3 is 0 Å². The molecular weight excluding hydrogens is 154 g/mol. The Morgan fingerprint density at radius 1 is 1.67 bits per heavy atom. The standard InChI is InChI=1S/C8H11N3O/c1-6(2)7-4-8(9-5-12)10-11(7)3/h4,6H,1-3H3. The van der Waals surface area contributed by atoms with E-state index in [1.165, 1.54) is 6.08 Å². The summed E-state index contributed by atoms with van der Waals surface area (Å²) in [4.78, 5) is 13.4. The van der Waals surface area contributed by atoms with Crippen LogP contribution >= 0.6 is 0 Å². The molecule has 0 spiro atoms. The fourth-order valence-electron chi connectivity index (χ4n) is 1.11. The van der Waals surface area contributed by atoms with Gasteiger partial charge in [-0.3, -0.25) is 4.68 Å². The molecule has 0 aromatic carbocycles. The Morgan fingerprint density at radius 2 is 2.33 bits per heavy atom. The van der Waals surface area contributed by atoms with Crippen LogP contribution < -0.4 is 0 Å². The molecule has 0 unspecified atom stereocenters. The fraction of sp³-hybridized carbons (Fsp3) is 0.500. The minimum atomic E-state index is 0.387. The highest BCUT2D eigenvalue weighted by atomic mass is 16.1. The van der Waals surface area contributed by atoms with Gasteiger partial charge in [0.15, 0.2) is 5.82 Å². The molecule has 1 aromatic rings. The molecule has 0 bridgehead atoms. The highest BCUT2D eigenvalue weighted by Gasteiger charge is 2.06. The van der Waals surface area contributed by atoms with E-state index in [0.29, 0.717) is 11.7 Å². The van der Waals surface area contributed by atoms with E-state index in [1.54, 1.807) is 10.7 Å². The quantitative estimate of drug-likeness (QED) is 0.492. The largest absolute Gasteiger partial charge is 0.270 e. The van der Waals surface area contributed by atoms with Gasteiger partial charge in [0.05, 0.1) is 0 Å². The number of carbonyl (C=O) groups excluding carboxylic acids is 1. The number of isocyanates is 1. The van der Waals surface area contributed by atoms with Crippen molar-refractivity contribution < 1.29 is 4.79 Å². The van der Waals surface area contributed by atoms with Crippen LogP contribution in [0.2, 0.25) is 0 Å². The maximum absolute atomic E-state index is 9.92. The number of hydrogen-bond acceptors (Lipinski definition) is 3. The summed E-state index contributed by atoms with van der Waals surface area (Å²) in [6.45, 7) is 4.12. The summed E-state index contributed by atoms with van der Waals surface area (Å²) in [5.74, 6) is 0.814. The van der Waals surface area contributed by atoms with Crippen molar-refractivity contribution in [2.45, 2.75) is 19.8 Å². The average Bonchev–Trinajstić information content (AvgIpc) is 2.32. The first-order chi connectivity index (χ1) is 5.65. The lowest BCUT2D eigenvalue weighted by molar-refractivity contribution is 0.565. The van der Waals surface area contributed by atoms with Crippen LogP contribution in [-0.2, 0) is 11.8 Å². The minimum Gasteiger partial charge on any atom is -0.270 e. The molecular formula is C8H11N3O. The predicted octanol–water partition coefficient (Wildman–Crippen LogP) is 1.51. The van der Waals surface area contributed by atoms with E-state index >= 15 is 0 Å². The highest BCUT2D eigenvalue weighted by molar-refractivity contribution is 5.44.